The zero-order chi connectivity index (χ0) is 17.9. The number of aromatic nitrogens is 2. The predicted molar refractivity (Wildman–Crippen MR) is 98.8 cm³/mol. The van der Waals surface area contributed by atoms with Gasteiger partial charge < -0.3 is 15.3 Å². The minimum atomic E-state index is -0.367. The number of nitrogens with one attached hydrogen (secondary N) is 1. The number of aliphatic hydroxyl groups excluding tert-OH is 1. The zero-order valence-corrected chi connectivity index (χ0v) is 14.9. The van der Waals surface area contributed by atoms with Crippen LogP contribution in [-0.2, 0) is 0 Å². The Morgan fingerprint density at radius 2 is 1.88 bits per heavy atom. The van der Waals surface area contributed by atoms with E-state index in [1.54, 1.807) is 0 Å². The summed E-state index contributed by atoms with van der Waals surface area (Å²) in [5.74, 6) is 0.690. The van der Waals surface area contributed by atoms with Crippen LogP contribution in [0.25, 0.3) is 0 Å². The summed E-state index contributed by atoms with van der Waals surface area (Å²) in [5.41, 5.74) is 2.28. The lowest BCUT2D eigenvalue weighted by Gasteiger charge is -2.33. The van der Waals surface area contributed by atoms with E-state index in [2.05, 4.69) is 21.2 Å². The number of hydrogen-bond donors (Lipinski definition) is 2. The summed E-state index contributed by atoms with van der Waals surface area (Å²) in [6, 6.07) is 11.7. The second kappa shape index (κ2) is 7.50. The number of carbonyl (C=O) groups excluding carboxylic acids is 1. The van der Waals surface area contributed by atoms with Crippen LogP contribution in [0.4, 0.5) is 4.79 Å². The molecule has 4 rings (SSSR count). The van der Waals surface area contributed by atoms with E-state index in [-0.39, 0.29) is 18.7 Å². The molecular formula is C20H26N4O2. The van der Waals surface area contributed by atoms with E-state index in [0.717, 1.165) is 18.4 Å². The summed E-state index contributed by atoms with van der Waals surface area (Å²) in [7, 11) is 0. The lowest BCUT2D eigenvalue weighted by molar-refractivity contribution is 0.157. The highest BCUT2D eigenvalue weighted by Gasteiger charge is 2.31. The van der Waals surface area contributed by atoms with Gasteiger partial charge in [0.15, 0.2) is 0 Å². The van der Waals surface area contributed by atoms with Crippen LogP contribution in [0.5, 0.6) is 0 Å². The van der Waals surface area contributed by atoms with Gasteiger partial charge in [-0.1, -0.05) is 30.3 Å². The smallest absolute Gasteiger partial charge is 0.317 e. The van der Waals surface area contributed by atoms with Gasteiger partial charge >= 0.3 is 6.03 Å². The summed E-state index contributed by atoms with van der Waals surface area (Å²) in [6.07, 6.45) is 6.29. The predicted octanol–water partition coefficient (Wildman–Crippen LogP) is 2.84. The number of urea groups is 1. The molecule has 6 nitrogen and oxygen atoms in total. The van der Waals surface area contributed by atoms with E-state index >= 15 is 0 Å². The molecule has 0 unspecified atom stereocenters. The summed E-state index contributed by atoms with van der Waals surface area (Å²) in [6.45, 7) is 1.32. The molecule has 2 aliphatic rings. The Kier molecular flexibility index (Phi) is 4.93. The first-order chi connectivity index (χ1) is 12.8. The first-order valence-electron chi connectivity index (χ1n) is 9.51. The van der Waals surface area contributed by atoms with Crippen LogP contribution < -0.4 is 5.32 Å². The molecule has 2 fully saturated rings. The van der Waals surface area contributed by atoms with E-state index in [0.29, 0.717) is 25.0 Å². The van der Waals surface area contributed by atoms with Crippen molar-refractivity contribution >= 4 is 6.03 Å². The molecule has 0 spiro atoms. The molecule has 138 valence electrons. The minimum absolute atomic E-state index is 0.103. The summed E-state index contributed by atoms with van der Waals surface area (Å²) >= 11 is 0. The second-order valence-corrected chi connectivity index (χ2v) is 7.29. The second-order valence-electron chi connectivity index (χ2n) is 7.29. The van der Waals surface area contributed by atoms with Crippen molar-refractivity contribution in [2.45, 2.75) is 43.7 Å². The third-order valence-electron chi connectivity index (χ3n) is 5.48. The largest absolute Gasteiger partial charge is 0.394 e. The highest BCUT2D eigenvalue weighted by molar-refractivity contribution is 5.74. The highest BCUT2D eigenvalue weighted by atomic mass is 16.3. The van der Waals surface area contributed by atoms with Gasteiger partial charge in [0.1, 0.15) is 0 Å². The number of hydrogen-bond acceptors (Lipinski definition) is 3. The molecule has 1 saturated carbocycles. The van der Waals surface area contributed by atoms with Gasteiger partial charge in [0.2, 0.25) is 0 Å². The Labute approximate surface area is 153 Å². The Balaban J connectivity index is 1.34. The normalized spacial score (nSPS) is 19.3. The number of benzene rings is 1. The van der Waals surface area contributed by atoms with Gasteiger partial charge in [0.05, 0.1) is 18.7 Å². The lowest BCUT2D eigenvalue weighted by atomic mass is 10.0. The van der Waals surface area contributed by atoms with Gasteiger partial charge in [-0.2, -0.15) is 5.10 Å². The van der Waals surface area contributed by atoms with E-state index in [9.17, 15) is 9.90 Å². The van der Waals surface area contributed by atoms with Gasteiger partial charge in [-0.3, -0.25) is 4.68 Å². The maximum Gasteiger partial charge on any atom is 0.317 e. The number of carbonyl (C=O) groups is 1. The van der Waals surface area contributed by atoms with Crippen molar-refractivity contribution in [3.8, 4) is 0 Å². The fourth-order valence-electron chi connectivity index (χ4n) is 3.81. The first-order valence-corrected chi connectivity index (χ1v) is 9.51. The van der Waals surface area contributed by atoms with Crippen molar-refractivity contribution in [2.75, 3.05) is 19.7 Å². The molecule has 2 aromatic rings. The van der Waals surface area contributed by atoms with Crippen LogP contribution in [0, 0.1) is 0 Å². The van der Waals surface area contributed by atoms with E-state index < -0.39 is 0 Å². The molecule has 1 aromatic heterocycles. The standard InChI is InChI=1S/C20H26N4O2/c25-14-18(15-4-2-1-3-5-15)22-20(26)23-12-9-17(10-13-23)24-19(8-11-21-24)16-6-7-16/h1-5,8,11,16-18,25H,6-7,9-10,12-14H2,(H,22,26)/t18-/m1/s1. The molecule has 0 bridgehead atoms. The average Bonchev–Trinajstić information content (AvgIpc) is 3.43. The van der Waals surface area contributed by atoms with Crippen molar-refractivity contribution in [2.24, 2.45) is 0 Å². The third-order valence-corrected chi connectivity index (χ3v) is 5.48. The molecule has 0 radical (unpaired) electrons. The van der Waals surface area contributed by atoms with E-state index in [1.165, 1.54) is 18.5 Å². The number of aliphatic hydroxyl groups is 1. The molecule has 6 heteroatoms. The SMILES string of the molecule is O=C(N[C@H](CO)c1ccccc1)N1CCC(n2nccc2C2CC2)CC1. The molecule has 1 aromatic carbocycles. The first kappa shape index (κ1) is 17.1. The van der Waals surface area contributed by atoms with Crippen molar-refractivity contribution in [3.63, 3.8) is 0 Å². The number of piperidine rings is 1. The Hall–Kier alpha value is -2.34. The van der Waals surface area contributed by atoms with Crippen LogP contribution in [0.1, 0.15) is 54.9 Å². The lowest BCUT2D eigenvalue weighted by Crippen LogP contribution is -2.46. The van der Waals surface area contributed by atoms with Gasteiger partial charge in [0, 0.05) is 30.9 Å². The minimum Gasteiger partial charge on any atom is -0.394 e. The highest BCUT2D eigenvalue weighted by Crippen LogP contribution is 2.41. The zero-order valence-electron chi connectivity index (χ0n) is 14.9. The van der Waals surface area contributed by atoms with Crippen molar-refractivity contribution < 1.29 is 9.90 Å². The Morgan fingerprint density at radius 1 is 1.15 bits per heavy atom. The van der Waals surface area contributed by atoms with Crippen LogP contribution >= 0.6 is 0 Å². The fraction of sp³-hybridized carbons (Fsp3) is 0.500. The van der Waals surface area contributed by atoms with Crippen LogP contribution in [-0.4, -0.2) is 45.5 Å². The molecule has 1 atom stereocenters. The number of amides is 2. The fourth-order valence-corrected chi connectivity index (χ4v) is 3.81. The number of likely N-dealkylation sites (tertiary alicyclic amines) is 1. The molecule has 2 amide bonds. The summed E-state index contributed by atoms with van der Waals surface area (Å²) < 4.78 is 2.19. The quantitative estimate of drug-likeness (QED) is 0.867. The van der Waals surface area contributed by atoms with E-state index in [4.69, 9.17) is 0 Å². The molecule has 2 N–H and O–H groups in total. The van der Waals surface area contributed by atoms with Crippen LogP contribution in [0.2, 0.25) is 0 Å². The van der Waals surface area contributed by atoms with Gasteiger partial charge in [-0.25, -0.2) is 4.79 Å². The van der Waals surface area contributed by atoms with Crippen molar-refractivity contribution in [1.82, 2.24) is 20.0 Å². The Bertz CT molecular complexity index is 733. The van der Waals surface area contributed by atoms with Crippen LogP contribution in [0.15, 0.2) is 42.6 Å². The average molecular weight is 354 g/mol. The monoisotopic (exact) mass is 354 g/mol. The van der Waals surface area contributed by atoms with Crippen molar-refractivity contribution in [3.05, 3.63) is 53.9 Å². The molecule has 26 heavy (non-hydrogen) atoms. The van der Waals surface area contributed by atoms with E-state index in [1.807, 2.05) is 41.4 Å². The molecule has 1 aliphatic carbocycles. The molecule has 2 heterocycles. The topological polar surface area (TPSA) is 70.4 Å². The molecule has 1 saturated heterocycles. The maximum absolute atomic E-state index is 12.6. The van der Waals surface area contributed by atoms with Gasteiger partial charge in [-0.05, 0) is 37.3 Å². The summed E-state index contributed by atoms with van der Waals surface area (Å²) in [5, 5.41) is 17.1. The van der Waals surface area contributed by atoms with Gasteiger partial charge in [-0.15, -0.1) is 0 Å². The number of rotatable bonds is 5. The molecule has 1 aliphatic heterocycles. The maximum atomic E-state index is 12.6. The summed E-state index contributed by atoms with van der Waals surface area (Å²) in [4.78, 5) is 14.4. The third kappa shape index (κ3) is 3.60. The van der Waals surface area contributed by atoms with Crippen LogP contribution in [0.3, 0.4) is 0 Å². The number of nitrogens with zero attached hydrogens (tertiary/aromatic N) is 3. The van der Waals surface area contributed by atoms with Crippen molar-refractivity contribution in [1.29, 1.82) is 0 Å². The van der Waals surface area contributed by atoms with Gasteiger partial charge in [0.25, 0.3) is 0 Å². The Morgan fingerprint density at radius 3 is 2.54 bits per heavy atom. The molecular weight excluding hydrogens is 328 g/mol.